The van der Waals surface area contributed by atoms with Gasteiger partial charge in [0, 0.05) is 10.7 Å². The number of hydrogen-bond acceptors (Lipinski definition) is 5. The van der Waals surface area contributed by atoms with Gasteiger partial charge in [0.1, 0.15) is 11.8 Å². The molecule has 17 heavy (non-hydrogen) atoms. The lowest BCUT2D eigenvalue weighted by atomic mass is 10.2. The molecular formula is C8H5ClF2N2O3S. The quantitative estimate of drug-likeness (QED) is 0.790. The van der Waals surface area contributed by atoms with Crippen molar-refractivity contribution in [1.82, 2.24) is 4.98 Å². The number of ether oxygens (including phenoxy) is 1. The fourth-order valence-corrected chi connectivity index (χ4v) is 2.06. The Morgan fingerprint density at radius 3 is 2.53 bits per heavy atom. The van der Waals surface area contributed by atoms with Gasteiger partial charge in [-0.3, -0.25) is 0 Å². The number of aromatic nitrogens is 1. The Kier molecular flexibility index (Phi) is 3.85. The maximum Gasteiger partial charge on any atom is 0.282 e. The molecule has 0 unspecified atom stereocenters. The van der Waals surface area contributed by atoms with Gasteiger partial charge in [-0.15, -0.1) is 0 Å². The zero-order valence-corrected chi connectivity index (χ0v) is 9.89. The summed E-state index contributed by atoms with van der Waals surface area (Å²) in [4.78, 5) is 3.34. The Morgan fingerprint density at radius 2 is 2.18 bits per heavy atom. The maximum absolute atomic E-state index is 12.6. The Labute approximate surface area is 100 Å². The summed E-state index contributed by atoms with van der Waals surface area (Å²) >= 11 is 0. The van der Waals surface area contributed by atoms with Gasteiger partial charge in [-0.1, -0.05) is 0 Å². The van der Waals surface area contributed by atoms with Crippen molar-refractivity contribution in [2.24, 2.45) is 0 Å². The number of alkyl halides is 2. The van der Waals surface area contributed by atoms with Crippen LogP contribution in [0, 0.1) is 11.3 Å². The Hall–Kier alpha value is -1.46. The predicted octanol–water partition coefficient (Wildman–Crippen LogP) is 1.83. The van der Waals surface area contributed by atoms with E-state index in [9.17, 15) is 17.2 Å². The molecule has 1 heterocycles. The van der Waals surface area contributed by atoms with Crippen LogP contribution in [-0.2, 0) is 9.05 Å². The largest absolute Gasteiger partial charge is 0.493 e. The van der Waals surface area contributed by atoms with Gasteiger partial charge >= 0.3 is 0 Å². The number of hydrogen-bond donors (Lipinski definition) is 0. The summed E-state index contributed by atoms with van der Waals surface area (Å²) in [6, 6.07) is 2.21. The summed E-state index contributed by atoms with van der Waals surface area (Å²) in [6.45, 7) is 0. The monoisotopic (exact) mass is 282 g/mol. The fraction of sp³-hybridized carbons (Fsp3) is 0.250. The average molecular weight is 283 g/mol. The number of methoxy groups -OCH3 is 1. The molecule has 0 aromatic carbocycles. The van der Waals surface area contributed by atoms with Gasteiger partial charge in [0.25, 0.3) is 15.5 Å². The summed E-state index contributed by atoms with van der Waals surface area (Å²) < 4.78 is 52.1. The summed E-state index contributed by atoms with van der Waals surface area (Å²) in [5, 5.41) is 7.67. The van der Waals surface area contributed by atoms with Crippen molar-refractivity contribution in [2.75, 3.05) is 7.11 Å². The van der Waals surface area contributed by atoms with Crippen molar-refractivity contribution >= 4 is 19.7 Å². The highest BCUT2D eigenvalue weighted by Crippen LogP contribution is 2.35. The van der Waals surface area contributed by atoms with E-state index in [1.54, 1.807) is 0 Å². The number of nitrogens with zero attached hydrogens (tertiary/aromatic N) is 2. The van der Waals surface area contributed by atoms with Crippen molar-refractivity contribution in [3.8, 4) is 11.8 Å². The van der Waals surface area contributed by atoms with Crippen molar-refractivity contribution in [3.05, 3.63) is 17.3 Å². The molecule has 0 saturated carbocycles. The van der Waals surface area contributed by atoms with Crippen LogP contribution in [0.5, 0.6) is 5.75 Å². The van der Waals surface area contributed by atoms with Gasteiger partial charge in [0.15, 0.2) is 5.75 Å². The van der Waals surface area contributed by atoms with E-state index in [2.05, 4.69) is 9.72 Å². The molecule has 9 heteroatoms. The first-order valence-corrected chi connectivity index (χ1v) is 6.34. The van der Waals surface area contributed by atoms with Crippen LogP contribution in [0.15, 0.2) is 11.1 Å². The third-order valence-corrected chi connectivity index (χ3v) is 2.93. The molecule has 5 nitrogen and oxygen atoms in total. The van der Waals surface area contributed by atoms with Gasteiger partial charge < -0.3 is 4.74 Å². The lowest BCUT2D eigenvalue weighted by Crippen LogP contribution is -2.05. The first kappa shape index (κ1) is 13.6. The number of nitriles is 1. The average Bonchev–Trinajstić information content (AvgIpc) is 2.25. The van der Waals surface area contributed by atoms with Gasteiger partial charge in [0.2, 0.25) is 5.03 Å². The third-order valence-electron chi connectivity index (χ3n) is 1.76. The summed E-state index contributed by atoms with van der Waals surface area (Å²) in [5.41, 5.74) is -1.24. The minimum Gasteiger partial charge on any atom is -0.493 e. The summed E-state index contributed by atoms with van der Waals surface area (Å²) in [5.74, 6) is -0.658. The number of pyridine rings is 1. The number of rotatable bonds is 3. The standard InChI is InChI=1S/C8H5ClF2N2O3S/c1-16-6-5(7(10)11)2-4(3-12)13-8(6)17(9,14)15/h2,7H,1H3. The molecule has 92 valence electrons. The molecule has 0 saturated heterocycles. The highest BCUT2D eigenvalue weighted by molar-refractivity contribution is 8.13. The van der Waals surface area contributed by atoms with Crippen molar-refractivity contribution < 1.29 is 21.9 Å². The first-order valence-electron chi connectivity index (χ1n) is 4.03. The third kappa shape index (κ3) is 2.81. The van der Waals surface area contributed by atoms with Crippen LogP contribution >= 0.6 is 10.7 Å². The molecule has 1 rings (SSSR count). The Morgan fingerprint density at radius 1 is 1.59 bits per heavy atom. The molecule has 0 fully saturated rings. The molecule has 0 amide bonds. The molecule has 0 aliphatic carbocycles. The minimum absolute atomic E-state index is 0.486. The van der Waals surface area contributed by atoms with Crippen LogP contribution in [-0.4, -0.2) is 20.5 Å². The van der Waals surface area contributed by atoms with Gasteiger partial charge in [0.05, 0.1) is 12.7 Å². The topological polar surface area (TPSA) is 80.0 Å². The van der Waals surface area contributed by atoms with E-state index in [4.69, 9.17) is 15.9 Å². The molecular weight excluding hydrogens is 278 g/mol. The van der Waals surface area contributed by atoms with Crippen LogP contribution in [0.2, 0.25) is 0 Å². The predicted molar refractivity (Wildman–Crippen MR) is 53.5 cm³/mol. The second kappa shape index (κ2) is 4.81. The molecule has 0 aliphatic rings. The van der Waals surface area contributed by atoms with Crippen LogP contribution < -0.4 is 4.74 Å². The molecule has 0 atom stereocenters. The van der Waals surface area contributed by atoms with Gasteiger partial charge in [-0.2, -0.15) is 5.26 Å². The first-order chi connectivity index (χ1) is 7.81. The smallest absolute Gasteiger partial charge is 0.282 e. The van der Waals surface area contributed by atoms with Gasteiger partial charge in [-0.25, -0.2) is 22.2 Å². The van der Waals surface area contributed by atoms with E-state index in [-0.39, 0.29) is 0 Å². The normalized spacial score (nSPS) is 11.3. The van der Waals surface area contributed by atoms with E-state index in [0.29, 0.717) is 0 Å². The molecule has 0 N–H and O–H groups in total. The zero-order chi connectivity index (χ0) is 13.2. The summed E-state index contributed by atoms with van der Waals surface area (Å²) in [7, 11) is 1.64. The van der Waals surface area contributed by atoms with Crippen molar-refractivity contribution in [1.29, 1.82) is 5.26 Å². The second-order valence-electron chi connectivity index (χ2n) is 2.79. The van der Waals surface area contributed by atoms with Crippen LogP contribution in [0.1, 0.15) is 17.7 Å². The molecule has 0 aliphatic heterocycles. The van der Waals surface area contributed by atoms with E-state index < -0.39 is 37.5 Å². The lowest BCUT2D eigenvalue weighted by Gasteiger charge is -2.10. The van der Waals surface area contributed by atoms with Crippen LogP contribution in [0.3, 0.4) is 0 Å². The molecule has 0 spiro atoms. The van der Waals surface area contributed by atoms with E-state index in [1.165, 1.54) is 6.07 Å². The minimum atomic E-state index is -4.38. The Bertz CT molecular complexity index is 583. The van der Waals surface area contributed by atoms with Crippen molar-refractivity contribution in [3.63, 3.8) is 0 Å². The number of halogens is 3. The molecule has 0 bridgehead atoms. The lowest BCUT2D eigenvalue weighted by molar-refractivity contribution is 0.146. The van der Waals surface area contributed by atoms with Crippen molar-refractivity contribution in [2.45, 2.75) is 11.5 Å². The highest BCUT2D eigenvalue weighted by Gasteiger charge is 2.27. The Balaban J connectivity index is 3.70. The molecule has 1 aromatic heterocycles. The highest BCUT2D eigenvalue weighted by atomic mass is 35.7. The van der Waals surface area contributed by atoms with E-state index in [1.807, 2.05) is 0 Å². The van der Waals surface area contributed by atoms with E-state index >= 15 is 0 Å². The van der Waals surface area contributed by atoms with Crippen LogP contribution in [0.25, 0.3) is 0 Å². The SMILES string of the molecule is COc1c(C(F)F)cc(C#N)nc1S(=O)(=O)Cl. The molecule has 0 radical (unpaired) electrons. The van der Waals surface area contributed by atoms with Gasteiger partial charge in [-0.05, 0) is 6.07 Å². The zero-order valence-electron chi connectivity index (χ0n) is 8.32. The maximum atomic E-state index is 12.6. The second-order valence-corrected chi connectivity index (χ2v) is 5.27. The van der Waals surface area contributed by atoms with Crippen LogP contribution in [0.4, 0.5) is 8.78 Å². The fourth-order valence-electron chi connectivity index (χ4n) is 1.12. The summed E-state index contributed by atoms with van der Waals surface area (Å²) in [6.07, 6.45) is -3.02. The molecule has 1 aromatic rings. The van der Waals surface area contributed by atoms with E-state index in [0.717, 1.165) is 13.2 Å².